The maximum atomic E-state index is 12.6. The molecule has 4 nitrogen and oxygen atoms in total. The second-order valence-corrected chi connectivity index (χ2v) is 4.23. The summed E-state index contributed by atoms with van der Waals surface area (Å²) in [6.07, 6.45) is -1.15. The number of hydrogen-bond acceptors (Lipinski definition) is 4. The lowest BCUT2D eigenvalue weighted by Crippen LogP contribution is -2.14. The van der Waals surface area contributed by atoms with E-state index in [0.717, 1.165) is 12.1 Å². The first-order valence-corrected chi connectivity index (χ1v) is 5.74. The van der Waals surface area contributed by atoms with Gasteiger partial charge in [0.05, 0.1) is 18.4 Å². The lowest BCUT2D eigenvalue weighted by Gasteiger charge is -2.10. The van der Waals surface area contributed by atoms with Gasteiger partial charge < -0.3 is 9.64 Å². The normalized spacial score (nSPS) is 11.7. The van der Waals surface area contributed by atoms with Gasteiger partial charge in [-0.2, -0.15) is 13.2 Å². The van der Waals surface area contributed by atoms with Crippen molar-refractivity contribution in [3.05, 3.63) is 41.4 Å². The molecule has 0 atom stereocenters. The molecule has 0 unspecified atom stereocenters. The smallest absolute Gasteiger partial charge is 0.433 e. The highest BCUT2D eigenvalue weighted by Gasteiger charge is 2.33. The molecule has 0 spiro atoms. The molecule has 0 aliphatic carbocycles. The molecule has 0 amide bonds. The van der Waals surface area contributed by atoms with E-state index in [1.807, 2.05) is 0 Å². The third-order valence-electron chi connectivity index (χ3n) is 2.38. The van der Waals surface area contributed by atoms with Crippen LogP contribution in [-0.2, 0) is 17.3 Å². The Balaban J connectivity index is 3.16. The van der Waals surface area contributed by atoms with Gasteiger partial charge >= 0.3 is 12.1 Å². The van der Waals surface area contributed by atoms with Crippen LogP contribution in [0, 0.1) is 0 Å². The van der Waals surface area contributed by atoms with Gasteiger partial charge in [0.15, 0.2) is 0 Å². The molecule has 0 saturated carbocycles. The van der Waals surface area contributed by atoms with E-state index in [0.29, 0.717) is 0 Å². The Kier molecular flexibility index (Phi) is 5.12. The van der Waals surface area contributed by atoms with Gasteiger partial charge in [0.25, 0.3) is 0 Å². The second-order valence-electron chi connectivity index (χ2n) is 4.23. The van der Waals surface area contributed by atoms with Crippen molar-refractivity contribution in [1.82, 2.24) is 9.88 Å². The van der Waals surface area contributed by atoms with Crippen LogP contribution in [0.25, 0.3) is 0 Å². The monoisotopic (exact) mass is 288 g/mol. The third kappa shape index (κ3) is 4.25. The number of esters is 1. The second kappa shape index (κ2) is 6.40. The minimum absolute atomic E-state index is 0.0314. The average Bonchev–Trinajstić information content (AvgIpc) is 2.36. The average molecular weight is 288 g/mol. The van der Waals surface area contributed by atoms with Crippen molar-refractivity contribution in [3.63, 3.8) is 0 Å². The number of rotatable bonds is 4. The summed E-state index contributed by atoms with van der Waals surface area (Å²) >= 11 is 0. The van der Waals surface area contributed by atoms with Crippen LogP contribution in [0.4, 0.5) is 13.2 Å². The first-order valence-electron chi connectivity index (χ1n) is 5.74. The first kappa shape index (κ1) is 16.0. The molecule has 0 aliphatic heterocycles. The van der Waals surface area contributed by atoms with Crippen molar-refractivity contribution in [2.24, 2.45) is 0 Å². The summed E-state index contributed by atoms with van der Waals surface area (Å²) in [6.45, 7) is 0. The fourth-order valence-electron chi connectivity index (χ4n) is 1.49. The standard InChI is InChI=1S/C13H15F3N2O2/c1-18(2)8-4-5-10-9(12(19)20-3)6-7-11(17-10)13(14,15)16/h4,6-8H,5H2,1-3H3. The van der Waals surface area contributed by atoms with E-state index in [4.69, 9.17) is 0 Å². The number of carbonyl (C=O) groups excluding carboxylic acids is 1. The zero-order valence-electron chi connectivity index (χ0n) is 11.4. The molecule has 0 saturated heterocycles. The summed E-state index contributed by atoms with van der Waals surface area (Å²) in [6, 6.07) is 1.85. The Bertz CT molecular complexity index is 511. The highest BCUT2D eigenvalue weighted by Crippen LogP contribution is 2.28. The van der Waals surface area contributed by atoms with Crippen molar-refractivity contribution in [2.45, 2.75) is 12.6 Å². The van der Waals surface area contributed by atoms with Crippen LogP contribution in [0.2, 0.25) is 0 Å². The van der Waals surface area contributed by atoms with Gasteiger partial charge in [-0.3, -0.25) is 0 Å². The fraction of sp³-hybridized carbons (Fsp3) is 0.385. The van der Waals surface area contributed by atoms with E-state index in [1.165, 1.54) is 7.11 Å². The lowest BCUT2D eigenvalue weighted by atomic mass is 10.1. The Morgan fingerprint density at radius 2 is 2.05 bits per heavy atom. The van der Waals surface area contributed by atoms with Gasteiger partial charge in [0.2, 0.25) is 0 Å². The number of alkyl halides is 3. The zero-order valence-corrected chi connectivity index (χ0v) is 11.4. The third-order valence-corrected chi connectivity index (χ3v) is 2.38. The molecule has 1 rings (SSSR count). The van der Waals surface area contributed by atoms with Crippen LogP contribution in [0.15, 0.2) is 24.4 Å². The van der Waals surface area contributed by atoms with Crippen molar-refractivity contribution in [3.8, 4) is 0 Å². The predicted molar refractivity (Wildman–Crippen MR) is 67.1 cm³/mol. The van der Waals surface area contributed by atoms with E-state index in [9.17, 15) is 18.0 Å². The SMILES string of the molecule is COC(=O)c1ccc(C(F)(F)F)nc1CC=CN(C)C. The molecule has 0 aliphatic rings. The van der Waals surface area contributed by atoms with Crippen LogP contribution < -0.4 is 0 Å². The molecule has 1 aromatic heterocycles. The van der Waals surface area contributed by atoms with E-state index in [2.05, 4.69) is 9.72 Å². The van der Waals surface area contributed by atoms with Gasteiger partial charge in [0, 0.05) is 20.5 Å². The number of halogens is 3. The molecule has 0 aromatic carbocycles. The molecule has 20 heavy (non-hydrogen) atoms. The van der Waals surface area contributed by atoms with Crippen molar-refractivity contribution < 1.29 is 22.7 Å². The summed E-state index contributed by atoms with van der Waals surface area (Å²) in [5.74, 6) is -0.709. The Labute approximate surface area is 114 Å². The molecule has 110 valence electrons. The predicted octanol–water partition coefficient (Wildman–Crippen LogP) is 2.50. The molecule has 0 fully saturated rings. The quantitative estimate of drug-likeness (QED) is 0.798. The molecule has 0 bridgehead atoms. The number of nitrogens with zero attached hydrogens (tertiary/aromatic N) is 2. The number of methoxy groups -OCH3 is 1. The summed E-state index contributed by atoms with van der Waals surface area (Å²) in [5.41, 5.74) is -0.966. The van der Waals surface area contributed by atoms with Gasteiger partial charge in [-0.1, -0.05) is 6.08 Å². The van der Waals surface area contributed by atoms with E-state index in [1.54, 1.807) is 31.3 Å². The Morgan fingerprint density at radius 1 is 1.40 bits per heavy atom. The minimum atomic E-state index is -4.55. The Hall–Kier alpha value is -2.05. The van der Waals surface area contributed by atoms with Crippen LogP contribution in [0.1, 0.15) is 21.7 Å². The summed E-state index contributed by atoms with van der Waals surface area (Å²) in [5, 5.41) is 0. The molecular formula is C13H15F3N2O2. The first-order chi connectivity index (χ1) is 9.25. The van der Waals surface area contributed by atoms with Crippen LogP contribution in [0.3, 0.4) is 0 Å². The largest absolute Gasteiger partial charge is 0.465 e. The summed E-state index contributed by atoms with van der Waals surface area (Å²) in [7, 11) is 4.72. The molecule has 0 radical (unpaired) electrons. The number of aromatic nitrogens is 1. The van der Waals surface area contributed by atoms with E-state index >= 15 is 0 Å². The zero-order chi connectivity index (χ0) is 15.3. The van der Waals surface area contributed by atoms with Gasteiger partial charge in [-0.15, -0.1) is 0 Å². The highest BCUT2D eigenvalue weighted by molar-refractivity contribution is 5.90. The van der Waals surface area contributed by atoms with Gasteiger partial charge in [0.1, 0.15) is 5.69 Å². The van der Waals surface area contributed by atoms with E-state index in [-0.39, 0.29) is 17.7 Å². The van der Waals surface area contributed by atoms with Gasteiger partial charge in [-0.25, -0.2) is 9.78 Å². The maximum absolute atomic E-state index is 12.6. The number of allylic oxidation sites excluding steroid dienone is 1. The number of carbonyl (C=O) groups is 1. The highest BCUT2D eigenvalue weighted by atomic mass is 19.4. The van der Waals surface area contributed by atoms with Crippen LogP contribution in [0.5, 0.6) is 0 Å². The molecule has 7 heteroatoms. The van der Waals surface area contributed by atoms with Crippen molar-refractivity contribution in [1.29, 1.82) is 0 Å². The minimum Gasteiger partial charge on any atom is -0.465 e. The molecular weight excluding hydrogens is 273 g/mol. The number of ether oxygens (including phenoxy) is 1. The maximum Gasteiger partial charge on any atom is 0.433 e. The summed E-state index contributed by atoms with van der Waals surface area (Å²) in [4.78, 5) is 16.8. The Morgan fingerprint density at radius 3 is 2.55 bits per heavy atom. The molecule has 1 heterocycles. The number of hydrogen-bond donors (Lipinski definition) is 0. The fourth-order valence-corrected chi connectivity index (χ4v) is 1.49. The topological polar surface area (TPSA) is 42.4 Å². The molecule has 0 N–H and O–H groups in total. The lowest BCUT2D eigenvalue weighted by molar-refractivity contribution is -0.141. The summed E-state index contributed by atoms with van der Waals surface area (Å²) < 4.78 is 42.4. The molecule has 1 aromatic rings. The van der Waals surface area contributed by atoms with Gasteiger partial charge in [-0.05, 0) is 18.3 Å². The number of pyridine rings is 1. The van der Waals surface area contributed by atoms with Crippen molar-refractivity contribution >= 4 is 5.97 Å². The van der Waals surface area contributed by atoms with E-state index < -0.39 is 17.8 Å². The van der Waals surface area contributed by atoms with Crippen molar-refractivity contribution in [2.75, 3.05) is 21.2 Å². The van der Waals surface area contributed by atoms with Crippen LogP contribution in [-0.4, -0.2) is 37.1 Å². The van der Waals surface area contributed by atoms with Crippen LogP contribution >= 0.6 is 0 Å².